The van der Waals surface area contributed by atoms with Crippen LogP contribution in [0.25, 0.3) is 0 Å². The fourth-order valence-electron chi connectivity index (χ4n) is 1.29. The Balaban J connectivity index is 2.58. The van der Waals surface area contributed by atoms with Gasteiger partial charge in [0, 0.05) is 0 Å². The molecule has 12 heavy (non-hydrogen) atoms. The molecule has 0 aliphatic rings. The molecule has 0 saturated carbocycles. The second-order valence-corrected chi connectivity index (χ2v) is 3.49. The van der Waals surface area contributed by atoms with E-state index in [1.807, 2.05) is 0 Å². The number of hydrogen-bond acceptors (Lipinski definition) is 1. The first-order chi connectivity index (χ1) is 5.86. The van der Waals surface area contributed by atoms with Crippen LogP contribution >= 0.6 is 12.6 Å². The summed E-state index contributed by atoms with van der Waals surface area (Å²) in [6.45, 7) is 2.21. The summed E-state index contributed by atoms with van der Waals surface area (Å²) in [5.74, 6) is 0.938. The molecule has 0 radical (unpaired) electrons. The maximum Gasteiger partial charge on any atom is -0.00574 e. The van der Waals surface area contributed by atoms with Gasteiger partial charge in [-0.2, -0.15) is 12.6 Å². The van der Waals surface area contributed by atoms with Crippen LogP contribution in [0.2, 0.25) is 0 Å². The van der Waals surface area contributed by atoms with E-state index in [1.165, 1.54) is 24.0 Å². The summed E-state index contributed by atoms with van der Waals surface area (Å²) in [6.07, 6.45) is 3.50. The number of hydrogen-bond donors (Lipinski definition) is 1. The van der Waals surface area contributed by atoms with E-state index in [2.05, 4.69) is 43.8 Å². The van der Waals surface area contributed by atoms with Gasteiger partial charge in [0.05, 0.1) is 0 Å². The van der Waals surface area contributed by atoms with E-state index in [-0.39, 0.29) is 0 Å². The van der Waals surface area contributed by atoms with E-state index in [1.54, 1.807) is 0 Å². The molecule has 0 bridgehead atoms. The van der Waals surface area contributed by atoms with Crippen molar-refractivity contribution >= 4 is 12.6 Å². The molecule has 0 atom stereocenters. The van der Waals surface area contributed by atoms with Gasteiger partial charge in [0.1, 0.15) is 0 Å². The average molecular weight is 180 g/mol. The SMILES string of the molecule is CCCc1ccc(CCS)cc1. The Kier molecular flexibility index (Phi) is 4.23. The lowest BCUT2D eigenvalue weighted by molar-refractivity contribution is 0.920. The molecule has 0 aliphatic heterocycles. The molecule has 66 valence electrons. The number of aryl methyl sites for hydroxylation is 2. The minimum atomic E-state index is 0.938. The van der Waals surface area contributed by atoms with Crippen LogP contribution in [-0.2, 0) is 12.8 Å². The standard InChI is InChI=1S/C11H16S/c1-2-3-10-4-6-11(7-5-10)8-9-12/h4-7,12H,2-3,8-9H2,1H3. The number of benzene rings is 1. The zero-order valence-corrected chi connectivity index (χ0v) is 8.48. The summed E-state index contributed by atoms with van der Waals surface area (Å²) in [7, 11) is 0. The summed E-state index contributed by atoms with van der Waals surface area (Å²) < 4.78 is 0. The van der Waals surface area contributed by atoms with Crippen molar-refractivity contribution in [3.8, 4) is 0 Å². The Morgan fingerprint density at radius 3 is 1.92 bits per heavy atom. The van der Waals surface area contributed by atoms with Crippen LogP contribution in [0.15, 0.2) is 24.3 Å². The molecule has 1 aromatic carbocycles. The third-order valence-corrected chi connectivity index (χ3v) is 2.19. The molecule has 0 amide bonds. The van der Waals surface area contributed by atoms with Crippen molar-refractivity contribution in [2.24, 2.45) is 0 Å². The van der Waals surface area contributed by atoms with Gasteiger partial charge < -0.3 is 0 Å². The van der Waals surface area contributed by atoms with Crippen molar-refractivity contribution < 1.29 is 0 Å². The smallest absolute Gasteiger partial charge is 0.00574 e. The third-order valence-electron chi connectivity index (χ3n) is 1.96. The van der Waals surface area contributed by atoms with E-state index in [4.69, 9.17) is 0 Å². The first-order valence-corrected chi connectivity index (χ1v) is 5.18. The van der Waals surface area contributed by atoms with Gasteiger partial charge >= 0.3 is 0 Å². The van der Waals surface area contributed by atoms with Crippen LogP contribution in [0.4, 0.5) is 0 Å². The topological polar surface area (TPSA) is 0 Å². The van der Waals surface area contributed by atoms with Gasteiger partial charge in [0.15, 0.2) is 0 Å². The summed E-state index contributed by atoms with van der Waals surface area (Å²) in [5, 5.41) is 0. The van der Waals surface area contributed by atoms with Crippen molar-refractivity contribution in [2.45, 2.75) is 26.2 Å². The second kappa shape index (κ2) is 5.26. The maximum atomic E-state index is 4.20. The molecule has 0 nitrogen and oxygen atoms in total. The molecule has 0 spiro atoms. The van der Waals surface area contributed by atoms with E-state index >= 15 is 0 Å². The lowest BCUT2D eigenvalue weighted by atomic mass is 10.1. The highest BCUT2D eigenvalue weighted by Crippen LogP contribution is 2.07. The van der Waals surface area contributed by atoms with Crippen LogP contribution in [0, 0.1) is 0 Å². The van der Waals surface area contributed by atoms with E-state index in [9.17, 15) is 0 Å². The highest BCUT2D eigenvalue weighted by atomic mass is 32.1. The molecule has 0 fully saturated rings. The monoisotopic (exact) mass is 180 g/mol. The van der Waals surface area contributed by atoms with Gasteiger partial charge in [-0.1, -0.05) is 37.6 Å². The van der Waals surface area contributed by atoms with Gasteiger partial charge in [-0.3, -0.25) is 0 Å². The summed E-state index contributed by atoms with van der Waals surface area (Å²) in [4.78, 5) is 0. The van der Waals surface area contributed by atoms with E-state index in [0.29, 0.717) is 0 Å². The molecule has 0 unspecified atom stereocenters. The molecular weight excluding hydrogens is 164 g/mol. The van der Waals surface area contributed by atoms with Crippen molar-refractivity contribution in [3.05, 3.63) is 35.4 Å². The molecule has 1 aromatic rings. The van der Waals surface area contributed by atoms with Crippen LogP contribution in [0.3, 0.4) is 0 Å². The van der Waals surface area contributed by atoms with Gasteiger partial charge in [-0.15, -0.1) is 0 Å². The summed E-state index contributed by atoms with van der Waals surface area (Å²) in [6, 6.07) is 8.87. The quantitative estimate of drug-likeness (QED) is 0.676. The molecule has 1 rings (SSSR count). The van der Waals surface area contributed by atoms with Crippen LogP contribution in [-0.4, -0.2) is 5.75 Å². The zero-order valence-electron chi connectivity index (χ0n) is 7.59. The highest BCUT2D eigenvalue weighted by molar-refractivity contribution is 7.80. The van der Waals surface area contributed by atoms with Crippen molar-refractivity contribution in [3.63, 3.8) is 0 Å². The van der Waals surface area contributed by atoms with Crippen LogP contribution < -0.4 is 0 Å². The van der Waals surface area contributed by atoms with Gasteiger partial charge in [-0.05, 0) is 29.7 Å². The van der Waals surface area contributed by atoms with Crippen LogP contribution in [0.5, 0.6) is 0 Å². The van der Waals surface area contributed by atoms with Crippen molar-refractivity contribution in [1.29, 1.82) is 0 Å². The predicted octanol–water partition coefficient (Wildman–Crippen LogP) is 3.11. The zero-order chi connectivity index (χ0) is 8.81. The Labute approximate surface area is 80.4 Å². The average Bonchev–Trinajstić information content (AvgIpc) is 2.09. The fraction of sp³-hybridized carbons (Fsp3) is 0.455. The minimum absolute atomic E-state index is 0.938. The fourth-order valence-corrected chi connectivity index (χ4v) is 1.55. The molecule has 0 aliphatic carbocycles. The normalized spacial score (nSPS) is 10.2. The molecule has 0 heterocycles. The Morgan fingerprint density at radius 1 is 1.00 bits per heavy atom. The van der Waals surface area contributed by atoms with Crippen molar-refractivity contribution in [1.82, 2.24) is 0 Å². The Morgan fingerprint density at radius 2 is 1.50 bits per heavy atom. The molecule has 0 aromatic heterocycles. The lowest BCUT2D eigenvalue weighted by Gasteiger charge is -2.00. The summed E-state index contributed by atoms with van der Waals surface area (Å²) in [5.41, 5.74) is 2.84. The van der Waals surface area contributed by atoms with Crippen LogP contribution in [0.1, 0.15) is 24.5 Å². The maximum absolute atomic E-state index is 4.20. The molecule has 0 N–H and O–H groups in total. The predicted molar refractivity (Wildman–Crippen MR) is 58.0 cm³/mol. The molecular formula is C11H16S. The van der Waals surface area contributed by atoms with Gasteiger partial charge in [0.25, 0.3) is 0 Å². The Bertz CT molecular complexity index is 188. The largest absolute Gasteiger partial charge is 0.179 e. The van der Waals surface area contributed by atoms with Gasteiger partial charge in [-0.25, -0.2) is 0 Å². The summed E-state index contributed by atoms with van der Waals surface area (Å²) >= 11 is 4.20. The first kappa shape index (κ1) is 9.66. The third kappa shape index (κ3) is 2.90. The van der Waals surface area contributed by atoms with Gasteiger partial charge in [0.2, 0.25) is 0 Å². The highest BCUT2D eigenvalue weighted by Gasteiger charge is 1.92. The second-order valence-electron chi connectivity index (χ2n) is 3.04. The molecule has 1 heteroatoms. The number of rotatable bonds is 4. The minimum Gasteiger partial charge on any atom is -0.179 e. The van der Waals surface area contributed by atoms with Crippen molar-refractivity contribution in [2.75, 3.05) is 5.75 Å². The van der Waals surface area contributed by atoms with E-state index in [0.717, 1.165) is 12.2 Å². The first-order valence-electron chi connectivity index (χ1n) is 4.55. The lowest BCUT2D eigenvalue weighted by Crippen LogP contribution is -1.87. The van der Waals surface area contributed by atoms with E-state index < -0.39 is 0 Å². The Hall–Kier alpha value is -0.430. The molecule has 0 saturated heterocycles. The number of thiol groups is 1.